The van der Waals surface area contributed by atoms with Gasteiger partial charge in [0, 0.05) is 18.7 Å². The average Bonchev–Trinajstić information content (AvgIpc) is 2.61. The molecule has 2 nitrogen and oxygen atoms in total. The molecule has 5 heteroatoms. The molecule has 1 aliphatic heterocycles. The standard InChI is InChI=1S/C19H16F3NO/c20-19(21,22)17-8-4-7-16(13-17)18(24)23-11-9-15(10-12-23)14-5-2-1-3-6-14/h1-9,13H,10-12H2. The van der Waals surface area contributed by atoms with Crippen LogP contribution in [0.5, 0.6) is 0 Å². The number of amides is 1. The maximum atomic E-state index is 12.8. The van der Waals surface area contributed by atoms with Gasteiger partial charge in [-0.3, -0.25) is 4.79 Å². The number of hydrogen-bond acceptors (Lipinski definition) is 1. The minimum Gasteiger partial charge on any atom is -0.335 e. The van der Waals surface area contributed by atoms with Crippen LogP contribution in [0.4, 0.5) is 13.2 Å². The van der Waals surface area contributed by atoms with Gasteiger partial charge in [-0.1, -0.05) is 42.5 Å². The molecule has 0 N–H and O–H groups in total. The van der Waals surface area contributed by atoms with Gasteiger partial charge >= 0.3 is 6.18 Å². The lowest BCUT2D eigenvalue weighted by molar-refractivity contribution is -0.137. The van der Waals surface area contributed by atoms with Crippen LogP contribution in [-0.2, 0) is 6.18 Å². The zero-order chi connectivity index (χ0) is 17.2. The molecule has 0 bridgehead atoms. The Morgan fingerprint density at radius 1 is 1.00 bits per heavy atom. The fourth-order valence-corrected chi connectivity index (χ4v) is 2.78. The highest BCUT2D eigenvalue weighted by Gasteiger charge is 2.31. The minimum absolute atomic E-state index is 0.0707. The zero-order valence-corrected chi connectivity index (χ0v) is 12.9. The summed E-state index contributed by atoms with van der Waals surface area (Å²) >= 11 is 0. The third-order valence-corrected chi connectivity index (χ3v) is 4.08. The van der Waals surface area contributed by atoms with Crippen LogP contribution in [0, 0.1) is 0 Å². The van der Waals surface area contributed by atoms with Crippen LogP contribution in [0.15, 0.2) is 60.7 Å². The molecule has 0 atom stereocenters. The molecular formula is C19H16F3NO. The fourth-order valence-electron chi connectivity index (χ4n) is 2.78. The van der Waals surface area contributed by atoms with Gasteiger partial charge in [0.2, 0.25) is 0 Å². The van der Waals surface area contributed by atoms with Crippen molar-refractivity contribution in [2.75, 3.05) is 13.1 Å². The van der Waals surface area contributed by atoms with Gasteiger partial charge in [0.05, 0.1) is 5.56 Å². The van der Waals surface area contributed by atoms with Crippen LogP contribution >= 0.6 is 0 Å². The summed E-state index contributed by atoms with van der Waals surface area (Å²) in [5.41, 5.74) is 1.54. The number of hydrogen-bond donors (Lipinski definition) is 0. The normalized spacial score (nSPS) is 15.1. The molecule has 0 spiro atoms. The van der Waals surface area contributed by atoms with E-state index in [1.807, 2.05) is 36.4 Å². The summed E-state index contributed by atoms with van der Waals surface area (Å²) in [7, 11) is 0. The van der Waals surface area contributed by atoms with Gasteiger partial charge in [0.25, 0.3) is 5.91 Å². The Kier molecular flexibility index (Phi) is 4.42. The molecule has 0 unspecified atom stereocenters. The molecule has 1 heterocycles. The monoisotopic (exact) mass is 331 g/mol. The fraction of sp³-hybridized carbons (Fsp3) is 0.211. The number of nitrogens with zero attached hydrogens (tertiary/aromatic N) is 1. The highest BCUT2D eigenvalue weighted by Crippen LogP contribution is 2.30. The minimum atomic E-state index is -4.45. The van der Waals surface area contributed by atoms with Gasteiger partial charge in [-0.05, 0) is 35.8 Å². The van der Waals surface area contributed by atoms with Crippen molar-refractivity contribution in [3.05, 3.63) is 77.4 Å². The van der Waals surface area contributed by atoms with Gasteiger partial charge in [-0.15, -0.1) is 0 Å². The summed E-state index contributed by atoms with van der Waals surface area (Å²) in [5, 5.41) is 0. The number of halogens is 3. The molecule has 1 amide bonds. The Balaban J connectivity index is 1.75. The lowest BCUT2D eigenvalue weighted by Gasteiger charge is -2.27. The molecule has 0 saturated carbocycles. The summed E-state index contributed by atoms with van der Waals surface area (Å²) in [6, 6.07) is 14.5. The number of alkyl halides is 3. The average molecular weight is 331 g/mol. The Bertz CT molecular complexity index is 766. The van der Waals surface area contributed by atoms with E-state index in [0.717, 1.165) is 23.3 Å². The summed E-state index contributed by atoms with van der Waals surface area (Å²) in [4.78, 5) is 14.0. The second kappa shape index (κ2) is 6.51. The zero-order valence-electron chi connectivity index (χ0n) is 12.9. The SMILES string of the molecule is O=C(c1cccc(C(F)(F)F)c1)N1CC=C(c2ccccc2)CC1. The Hall–Kier alpha value is -2.56. The molecule has 2 aromatic carbocycles. The van der Waals surface area contributed by atoms with Gasteiger partial charge in [-0.2, -0.15) is 13.2 Å². The predicted molar refractivity (Wildman–Crippen MR) is 86.4 cm³/mol. The van der Waals surface area contributed by atoms with Gasteiger partial charge in [0.1, 0.15) is 0 Å². The van der Waals surface area contributed by atoms with Gasteiger partial charge < -0.3 is 4.90 Å². The highest BCUT2D eigenvalue weighted by atomic mass is 19.4. The van der Waals surface area contributed by atoms with E-state index in [1.165, 1.54) is 12.1 Å². The quantitative estimate of drug-likeness (QED) is 0.785. The predicted octanol–water partition coefficient (Wildman–Crippen LogP) is 4.63. The molecule has 0 saturated heterocycles. The van der Waals surface area contributed by atoms with Crippen LogP contribution in [0.2, 0.25) is 0 Å². The van der Waals surface area contributed by atoms with E-state index in [-0.39, 0.29) is 11.5 Å². The van der Waals surface area contributed by atoms with E-state index in [1.54, 1.807) is 4.90 Å². The lowest BCUT2D eigenvalue weighted by Crippen LogP contribution is -2.34. The van der Waals surface area contributed by atoms with Crippen molar-refractivity contribution in [1.29, 1.82) is 0 Å². The molecule has 0 radical (unpaired) electrons. The van der Waals surface area contributed by atoms with E-state index in [2.05, 4.69) is 0 Å². The third kappa shape index (κ3) is 3.50. The Labute approximate surface area is 138 Å². The lowest BCUT2D eigenvalue weighted by atomic mass is 9.99. The molecule has 3 rings (SSSR count). The van der Waals surface area contributed by atoms with Crippen molar-refractivity contribution in [1.82, 2.24) is 4.90 Å². The Morgan fingerprint density at radius 3 is 2.38 bits per heavy atom. The molecular weight excluding hydrogens is 315 g/mol. The highest BCUT2D eigenvalue weighted by molar-refractivity contribution is 5.95. The second-order valence-corrected chi connectivity index (χ2v) is 5.68. The first-order valence-electron chi connectivity index (χ1n) is 7.66. The van der Waals surface area contributed by atoms with E-state index in [9.17, 15) is 18.0 Å². The van der Waals surface area contributed by atoms with E-state index in [4.69, 9.17) is 0 Å². The first-order chi connectivity index (χ1) is 11.4. The van der Waals surface area contributed by atoms with Crippen LogP contribution in [0.3, 0.4) is 0 Å². The summed E-state index contributed by atoms with van der Waals surface area (Å²) in [6.07, 6.45) is -1.79. The summed E-state index contributed by atoms with van der Waals surface area (Å²) in [6.45, 7) is 0.898. The molecule has 0 aliphatic carbocycles. The Morgan fingerprint density at radius 2 is 1.75 bits per heavy atom. The van der Waals surface area contributed by atoms with Crippen LogP contribution < -0.4 is 0 Å². The molecule has 0 aromatic heterocycles. The van der Waals surface area contributed by atoms with E-state index < -0.39 is 11.7 Å². The molecule has 0 fully saturated rings. The van der Waals surface area contributed by atoms with E-state index >= 15 is 0 Å². The summed E-state index contributed by atoms with van der Waals surface area (Å²) in [5.74, 6) is -0.371. The van der Waals surface area contributed by atoms with Gasteiger partial charge in [0.15, 0.2) is 0 Å². The number of rotatable bonds is 2. The van der Waals surface area contributed by atoms with Crippen LogP contribution in [-0.4, -0.2) is 23.9 Å². The van der Waals surface area contributed by atoms with Crippen molar-refractivity contribution in [2.45, 2.75) is 12.6 Å². The van der Waals surface area contributed by atoms with Crippen molar-refractivity contribution < 1.29 is 18.0 Å². The largest absolute Gasteiger partial charge is 0.416 e. The second-order valence-electron chi connectivity index (χ2n) is 5.68. The molecule has 2 aromatic rings. The van der Waals surface area contributed by atoms with Crippen molar-refractivity contribution in [3.63, 3.8) is 0 Å². The maximum absolute atomic E-state index is 12.8. The molecule has 24 heavy (non-hydrogen) atoms. The first-order valence-corrected chi connectivity index (χ1v) is 7.66. The third-order valence-electron chi connectivity index (χ3n) is 4.08. The van der Waals surface area contributed by atoms with Crippen molar-refractivity contribution >= 4 is 11.5 Å². The first kappa shape index (κ1) is 16.3. The maximum Gasteiger partial charge on any atom is 0.416 e. The number of benzene rings is 2. The number of carbonyl (C=O) groups excluding carboxylic acids is 1. The van der Waals surface area contributed by atoms with Crippen LogP contribution in [0.1, 0.15) is 27.9 Å². The number of carbonyl (C=O) groups is 1. The molecule has 124 valence electrons. The molecule has 1 aliphatic rings. The summed E-state index contributed by atoms with van der Waals surface area (Å²) < 4.78 is 38.3. The van der Waals surface area contributed by atoms with Gasteiger partial charge in [-0.25, -0.2) is 0 Å². The van der Waals surface area contributed by atoms with Crippen LogP contribution in [0.25, 0.3) is 5.57 Å². The van der Waals surface area contributed by atoms with Crippen molar-refractivity contribution in [2.24, 2.45) is 0 Å². The topological polar surface area (TPSA) is 20.3 Å². The van der Waals surface area contributed by atoms with E-state index in [0.29, 0.717) is 19.5 Å². The smallest absolute Gasteiger partial charge is 0.335 e. The van der Waals surface area contributed by atoms with Crippen molar-refractivity contribution in [3.8, 4) is 0 Å².